The van der Waals surface area contributed by atoms with Gasteiger partial charge in [-0.3, -0.25) is 9.25 Å². The lowest BCUT2D eigenvalue weighted by atomic mass is 10.2. The third kappa shape index (κ3) is 2.77. The van der Waals surface area contributed by atoms with E-state index in [0.29, 0.717) is 19.0 Å². The maximum absolute atomic E-state index is 5.74. The molecule has 7 nitrogen and oxygen atoms in total. The van der Waals surface area contributed by atoms with Gasteiger partial charge in [0.2, 0.25) is 0 Å². The molecule has 3 heterocycles. The predicted octanol–water partition coefficient (Wildman–Crippen LogP) is 1.36. The molecule has 21 heavy (non-hydrogen) atoms. The fraction of sp³-hybridized carbons (Fsp3) is 0.214. The third-order valence-electron chi connectivity index (χ3n) is 3.14. The van der Waals surface area contributed by atoms with Crippen molar-refractivity contribution in [1.29, 1.82) is 0 Å². The van der Waals surface area contributed by atoms with Crippen molar-refractivity contribution in [2.75, 3.05) is 19.5 Å². The quantitative estimate of drug-likeness (QED) is 0.764. The largest absolute Gasteiger partial charge is 0.384 e. The Kier molecular flexibility index (Phi) is 3.65. The van der Waals surface area contributed by atoms with Gasteiger partial charge in [0, 0.05) is 25.1 Å². The van der Waals surface area contributed by atoms with Crippen LogP contribution in [0.3, 0.4) is 0 Å². The van der Waals surface area contributed by atoms with E-state index in [1.54, 1.807) is 32.0 Å². The van der Waals surface area contributed by atoms with Crippen molar-refractivity contribution in [3.63, 3.8) is 0 Å². The number of rotatable bonds is 5. The van der Waals surface area contributed by atoms with Gasteiger partial charge in [0.05, 0.1) is 43.3 Å². The molecule has 0 aliphatic rings. The first-order chi connectivity index (χ1) is 10.3. The van der Waals surface area contributed by atoms with Crippen LogP contribution < -0.4 is 5.73 Å². The van der Waals surface area contributed by atoms with Crippen molar-refractivity contribution in [1.82, 2.24) is 24.3 Å². The molecule has 0 spiro atoms. The van der Waals surface area contributed by atoms with Crippen LogP contribution in [0.5, 0.6) is 0 Å². The maximum atomic E-state index is 5.74. The first-order valence-corrected chi connectivity index (χ1v) is 6.54. The summed E-state index contributed by atoms with van der Waals surface area (Å²) in [6.07, 6.45) is 8.98. The Hall–Kier alpha value is -2.67. The summed E-state index contributed by atoms with van der Waals surface area (Å²) in [5.74, 6) is 0.482. The highest BCUT2D eigenvalue weighted by molar-refractivity contribution is 5.63. The highest BCUT2D eigenvalue weighted by Gasteiger charge is 2.09. The zero-order valence-electron chi connectivity index (χ0n) is 11.7. The molecule has 7 heteroatoms. The van der Waals surface area contributed by atoms with Gasteiger partial charge in [0.15, 0.2) is 0 Å². The van der Waals surface area contributed by atoms with Crippen LogP contribution in [0.4, 0.5) is 5.82 Å². The molecule has 0 fully saturated rings. The second kappa shape index (κ2) is 5.76. The molecule has 0 radical (unpaired) electrons. The fourth-order valence-electron chi connectivity index (χ4n) is 2.11. The lowest BCUT2D eigenvalue weighted by Crippen LogP contribution is -2.04. The van der Waals surface area contributed by atoms with Crippen LogP contribution >= 0.6 is 0 Å². The number of imidazole rings is 1. The summed E-state index contributed by atoms with van der Waals surface area (Å²) in [7, 11) is 1.67. The molecule has 3 aromatic heterocycles. The van der Waals surface area contributed by atoms with Gasteiger partial charge in [0.1, 0.15) is 5.82 Å². The lowest BCUT2D eigenvalue weighted by molar-refractivity contribution is 0.183. The number of nitrogen functional groups attached to an aromatic ring is 1. The van der Waals surface area contributed by atoms with Gasteiger partial charge in [-0.15, -0.1) is 0 Å². The second-order valence-electron chi connectivity index (χ2n) is 4.57. The van der Waals surface area contributed by atoms with Gasteiger partial charge >= 0.3 is 0 Å². The lowest BCUT2D eigenvalue weighted by Gasteiger charge is -2.06. The Bertz CT molecular complexity index is 732. The maximum Gasteiger partial charge on any atom is 0.123 e. The summed E-state index contributed by atoms with van der Waals surface area (Å²) in [6, 6.07) is 3.72. The van der Waals surface area contributed by atoms with E-state index in [1.165, 1.54) is 0 Å². The number of nitrogens with zero attached hydrogens (tertiary/aromatic N) is 5. The third-order valence-corrected chi connectivity index (χ3v) is 3.14. The minimum Gasteiger partial charge on any atom is -0.384 e. The molecule has 0 aromatic carbocycles. The number of nitrogens with two attached hydrogens (primary N) is 1. The van der Waals surface area contributed by atoms with Crippen LogP contribution in [0.25, 0.3) is 16.9 Å². The van der Waals surface area contributed by atoms with E-state index in [1.807, 2.05) is 27.6 Å². The molecule has 3 rings (SSSR count). The van der Waals surface area contributed by atoms with Gasteiger partial charge in [-0.1, -0.05) is 0 Å². The topological polar surface area (TPSA) is 83.8 Å². The Morgan fingerprint density at radius 1 is 1.33 bits per heavy atom. The average Bonchev–Trinajstić information content (AvgIpc) is 3.13. The number of anilines is 1. The molecule has 3 aromatic rings. The van der Waals surface area contributed by atoms with Gasteiger partial charge in [-0.25, -0.2) is 9.97 Å². The van der Waals surface area contributed by atoms with Crippen LogP contribution in [-0.2, 0) is 11.3 Å². The molecule has 108 valence electrons. The molecule has 0 aliphatic carbocycles. The molecule has 2 N–H and O–H groups in total. The van der Waals surface area contributed by atoms with E-state index in [4.69, 9.17) is 10.5 Å². The molecule has 0 saturated heterocycles. The molecule has 0 saturated carbocycles. The van der Waals surface area contributed by atoms with Crippen molar-refractivity contribution in [2.24, 2.45) is 0 Å². The summed E-state index contributed by atoms with van der Waals surface area (Å²) in [5.41, 5.74) is 8.58. The number of ether oxygens (including phenoxy) is 1. The van der Waals surface area contributed by atoms with Crippen LogP contribution in [0.1, 0.15) is 0 Å². The number of hydrogen-bond donors (Lipinski definition) is 1. The van der Waals surface area contributed by atoms with Crippen molar-refractivity contribution in [3.05, 3.63) is 43.2 Å². The first-order valence-electron chi connectivity index (χ1n) is 6.54. The van der Waals surface area contributed by atoms with E-state index in [9.17, 15) is 0 Å². The van der Waals surface area contributed by atoms with E-state index < -0.39 is 0 Å². The Balaban J connectivity index is 1.93. The average molecular weight is 284 g/mol. The van der Waals surface area contributed by atoms with Gasteiger partial charge in [-0.2, -0.15) is 5.10 Å². The monoisotopic (exact) mass is 284 g/mol. The highest BCUT2D eigenvalue weighted by atomic mass is 16.5. The summed E-state index contributed by atoms with van der Waals surface area (Å²) in [5, 5.41) is 4.31. The molecular formula is C14H16N6O. The normalized spacial score (nSPS) is 10.9. The Morgan fingerprint density at radius 2 is 2.24 bits per heavy atom. The van der Waals surface area contributed by atoms with Gasteiger partial charge in [-0.05, 0) is 12.1 Å². The molecular weight excluding hydrogens is 268 g/mol. The smallest absolute Gasteiger partial charge is 0.123 e. The van der Waals surface area contributed by atoms with Gasteiger partial charge in [0.25, 0.3) is 0 Å². The summed E-state index contributed by atoms with van der Waals surface area (Å²) in [6.45, 7) is 1.33. The number of pyridine rings is 1. The van der Waals surface area contributed by atoms with E-state index in [2.05, 4.69) is 15.1 Å². The summed E-state index contributed by atoms with van der Waals surface area (Å²) >= 11 is 0. The zero-order chi connectivity index (χ0) is 14.7. The Labute approximate surface area is 122 Å². The number of methoxy groups -OCH3 is 1. The van der Waals surface area contributed by atoms with Crippen LogP contribution in [0.15, 0.2) is 43.2 Å². The van der Waals surface area contributed by atoms with Crippen LogP contribution in [0, 0.1) is 0 Å². The zero-order valence-corrected chi connectivity index (χ0v) is 11.7. The molecule has 0 unspecified atom stereocenters. The SMILES string of the molecule is COCCn1cc(-n2cncc2-c2ccnc(N)c2)cn1. The fourth-order valence-corrected chi connectivity index (χ4v) is 2.11. The summed E-state index contributed by atoms with van der Waals surface area (Å²) in [4.78, 5) is 8.22. The number of aromatic nitrogens is 5. The first kappa shape index (κ1) is 13.3. The summed E-state index contributed by atoms with van der Waals surface area (Å²) < 4.78 is 8.85. The second-order valence-corrected chi connectivity index (χ2v) is 4.57. The van der Waals surface area contributed by atoms with Crippen molar-refractivity contribution in [2.45, 2.75) is 6.54 Å². The molecule has 0 amide bonds. The minimum atomic E-state index is 0.482. The molecule has 0 bridgehead atoms. The van der Waals surface area contributed by atoms with E-state index in [-0.39, 0.29) is 0 Å². The van der Waals surface area contributed by atoms with Crippen molar-refractivity contribution < 1.29 is 4.74 Å². The van der Waals surface area contributed by atoms with Crippen LogP contribution in [0.2, 0.25) is 0 Å². The number of hydrogen-bond acceptors (Lipinski definition) is 5. The van der Waals surface area contributed by atoms with Crippen molar-refractivity contribution in [3.8, 4) is 16.9 Å². The predicted molar refractivity (Wildman–Crippen MR) is 78.9 cm³/mol. The minimum absolute atomic E-state index is 0.482. The highest BCUT2D eigenvalue weighted by Crippen LogP contribution is 2.23. The molecule has 0 atom stereocenters. The van der Waals surface area contributed by atoms with E-state index >= 15 is 0 Å². The van der Waals surface area contributed by atoms with Crippen molar-refractivity contribution >= 4 is 5.82 Å². The van der Waals surface area contributed by atoms with E-state index in [0.717, 1.165) is 16.9 Å². The van der Waals surface area contributed by atoms with Crippen LogP contribution in [-0.4, -0.2) is 38.0 Å². The van der Waals surface area contributed by atoms with Gasteiger partial charge < -0.3 is 10.5 Å². The molecule has 0 aliphatic heterocycles. The Morgan fingerprint density at radius 3 is 3.05 bits per heavy atom. The standard InChI is InChI=1S/C14H16N6O/c1-21-5-4-19-9-12(7-18-19)20-10-16-8-13(20)11-2-3-17-14(15)6-11/h2-3,6-10H,4-5H2,1H3,(H2,15,17).